The average molecular weight is 198 g/mol. The van der Waals surface area contributed by atoms with E-state index >= 15 is 0 Å². The lowest BCUT2D eigenvalue weighted by atomic mass is 9.82. The molecule has 1 saturated heterocycles. The minimum absolute atomic E-state index is 0.0692. The van der Waals surface area contributed by atoms with Crippen molar-refractivity contribution in [1.82, 2.24) is 0 Å². The number of hydrogen-bond donors (Lipinski definition) is 0. The molecule has 2 fully saturated rings. The summed E-state index contributed by atoms with van der Waals surface area (Å²) in [5.41, 5.74) is -0.0692. The molecule has 2 nitrogen and oxygen atoms in total. The van der Waals surface area contributed by atoms with Gasteiger partial charge in [-0.1, -0.05) is 13.3 Å². The van der Waals surface area contributed by atoms with Crippen LogP contribution < -0.4 is 0 Å². The van der Waals surface area contributed by atoms with Crippen molar-refractivity contribution in [2.24, 2.45) is 5.92 Å². The molecule has 0 aromatic rings. The van der Waals surface area contributed by atoms with Crippen molar-refractivity contribution in [2.45, 2.75) is 64.3 Å². The Morgan fingerprint density at radius 2 is 2.00 bits per heavy atom. The summed E-state index contributed by atoms with van der Waals surface area (Å²) in [5, 5.41) is 0. The van der Waals surface area contributed by atoms with Gasteiger partial charge in [0.1, 0.15) is 0 Å². The van der Waals surface area contributed by atoms with Crippen LogP contribution in [0.3, 0.4) is 0 Å². The summed E-state index contributed by atoms with van der Waals surface area (Å²) in [4.78, 5) is 0. The number of rotatable bonds is 1. The SMILES string of the molecule is CCC1CCC2OC(C)(C)COC2C1. The van der Waals surface area contributed by atoms with Crippen molar-refractivity contribution < 1.29 is 9.47 Å². The highest BCUT2D eigenvalue weighted by atomic mass is 16.6. The van der Waals surface area contributed by atoms with Gasteiger partial charge in [0.05, 0.1) is 24.4 Å². The third kappa shape index (κ3) is 2.12. The second kappa shape index (κ2) is 3.82. The van der Waals surface area contributed by atoms with Gasteiger partial charge in [0, 0.05) is 0 Å². The molecule has 82 valence electrons. The topological polar surface area (TPSA) is 18.5 Å². The zero-order valence-corrected chi connectivity index (χ0v) is 9.58. The first kappa shape index (κ1) is 10.4. The molecule has 0 radical (unpaired) electrons. The Kier molecular flexibility index (Phi) is 2.85. The molecule has 2 rings (SSSR count). The summed E-state index contributed by atoms with van der Waals surface area (Å²) in [6.45, 7) is 7.27. The van der Waals surface area contributed by atoms with Crippen LogP contribution in [0.25, 0.3) is 0 Å². The van der Waals surface area contributed by atoms with Crippen molar-refractivity contribution >= 4 is 0 Å². The fourth-order valence-corrected chi connectivity index (χ4v) is 2.62. The molecule has 1 heterocycles. The Morgan fingerprint density at radius 3 is 2.71 bits per heavy atom. The molecule has 0 amide bonds. The van der Waals surface area contributed by atoms with Crippen LogP contribution in [-0.4, -0.2) is 24.4 Å². The molecule has 3 atom stereocenters. The van der Waals surface area contributed by atoms with E-state index in [2.05, 4.69) is 20.8 Å². The first-order valence-corrected chi connectivity index (χ1v) is 5.90. The third-order valence-electron chi connectivity index (χ3n) is 3.53. The third-order valence-corrected chi connectivity index (χ3v) is 3.53. The van der Waals surface area contributed by atoms with Crippen molar-refractivity contribution in [3.63, 3.8) is 0 Å². The fourth-order valence-electron chi connectivity index (χ4n) is 2.62. The number of hydrogen-bond acceptors (Lipinski definition) is 2. The second-order valence-corrected chi connectivity index (χ2v) is 5.35. The van der Waals surface area contributed by atoms with Gasteiger partial charge in [0.2, 0.25) is 0 Å². The zero-order valence-electron chi connectivity index (χ0n) is 9.58. The number of ether oxygens (including phenoxy) is 2. The van der Waals surface area contributed by atoms with E-state index in [9.17, 15) is 0 Å². The van der Waals surface area contributed by atoms with E-state index < -0.39 is 0 Å². The van der Waals surface area contributed by atoms with Gasteiger partial charge in [-0.2, -0.15) is 0 Å². The normalized spacial score (nSPS) is 41.8. The minimum Gasteiger partial charge on any atom is -0.373 e. The summed E-state index contributed by atoms with van der Waals surface area (Å²) in [5.74, 6) is 0.862. The first-order valence-electron chi connectivity index (χ1n) is 5.90. The average Bonchev–Trinajstić information content (AvgIpc) is 2.16. The van der Waals surface area contributed by atoms with Gasteiger partial charge < -0.3 is 9.47 Å². The Labute approximate surface area is 87.0 Å². The van der Waals surface area contributed by atoms with E-state index in [4.69, 9.17) is 9.47 Å². The molecule has 0 spiro atoms. The highest BCUT2D eigenvalue weighted by Gasteiger charge is 2.39. The summed E-state index contributed by atoms with van der Waals surface area (Å²) < 4.78 is 11.9. The van der Waals surface area contributed by atoms with Gasteiger partial charge in [0.15, 0.2) is 0 Å². The van der Waals surface area contributed by atoms with E-state index in [1.807, 2.05) is 0 Å². The maximum atomic E-state index is 6.05. The summed E-state index contributed by atoms with van der Waals surface area (Å²) in [6.07, 6.45) is 5.74. The van der Waals surface area contributed by atoms with Crippen molar-refractivity contribution in [2.75, 3.05) is 6.61 Å². The maximum absolute atomic E-state index is 6.05. The van der Waals surface area contributed by atoms with E-state index in [0.717, 1.165) is 12.5 Å². The van der Waals surface area contributed by atoms with Crippen molar-refractivity contribution in [3.05, 3.63) is 0 Å². The van der Waals surface area contributed by atoms with Crippen molar-refractivity contribution in [1.29, 1.82) is 0 Å². The van der Waals surface area contributed by atoms with Gasteiger partial charge in [0.25, 0.3) is 0 Å². The van der Waals surface area contributed by atoms with E-state index in [1.165, 1.54) is 25.7 Å². The predicted molar refractivity (Wildman–Crippen MR) is 56.3 cm³/mol. The van der Waals surface area contributed by atoms with Crippen molar-refractivity contribution in [3.8, 4) is 0 Å². The van der Waals surface area contributed by atoms with Crippen LogP contribution in [-0.2, 0) is 9.47 Å². The Balaban J connectivity index is 1.94. The zero-order chi connectivity index (χ0) is 10.2. The van der Waals surface area contributed by atoms with Crippen LogP contribution >= 0.6 is 0 Å². The maximum Gasteiger partial charge on any atom is 0.0864 e. The Hall–Kier alpha value is -0.0800. The van der Waals surface area contributed by atoms with Crippen LogP contribution in [0.2, 0.25) is 0 Å². The molecule has 1 saturated carbocycles. The summed E-state index contributed by atoms with van der Waals surface area (Å²) >= 11 is 0. The van der Waals surface area contributed by atoms with Crippen LogP contribution in [0.5, 0.6) is 0 Å². The molecule has 2 aliphatic rings. The minimum atomic E-state index is -0.0692. The smallest absolute Gasteiger partial charge is 0.0864 e. The molecule has 2 heteroatoms. The lowest BCUT2D eigenvalue weighted by Gasteiger charge is -2.45. The van der Waals surface area contributed by atoms with Crippen LogP contribution in [0.15, 0.2) is 0 Å². The van der Waals surface area contributed by atoms with Gasteiger partial charge in [-0.25, -0.2) is 0 Å². The second-order valence-electron chi connectivity index (χ2n) is 5.35. The lowest BCUT2D eigenvalue weighted by Crippen LogP contribution is -2.51. The fraction of sp³-hybridized carbons (Fsp3) is 1.00. The van der Waals surface area contributed by atoms with Crippen LogP contribution in [0, 0.1) is 5.92 Å². The molecular weight excluding hydrogens is 176 g/mol. The van der Waals surface area contributed by atoms with E-state index in [0.29, 0.717) is 12.2 Å². The highest BCUT2D eigenvalue weighted by Crippen LogP contribution is 2.36. The molecule has 0 aromatic heterocycles. The molecule has 3 unspecified atom stereocenters. The lowest BCUT2D eigenvalue weighted by molar-refractivity contribution is -0.232. The Morgan fingerprint density at radius 1 is 1.21 bits per heavy atom. The Bertz CT molecular complexity index is 200. The summed E-state index contributed by atoms with van der Waals surface area (Å²) in [6, 6.07) is 0. The van der Waals surface area contributed by atoms with Gasteiger partial charge in [-0.15, -0.1) is 0 Å². The molecule has 0 N–H and O–H groups in total. The molecule has 1 aliphatic carbocycles. The first-order chi connectivity index (χ1) is 6.61. The molecule has 0 bridgehead atoms. The predicted octanol–water partition coefficient (Wildman–Crippen LogP) is 2.76. The van der Waals surface area contributed by atoms with Crippen LogP contribution in [0.1, 0.15) is 46.5 Å². The van der Waals surface area contributed by atoms with Gasteiger partial charge in [-0.05, 0) is 39.0 Å². The van der Waals surface area contributed by atoms with Crippen LogP contribution in [0.4, 0.5) is 0 Å². The number of fused-ring (bicyclic) bond motifs is 1. The largest absolute Gasteiger partial charge is 0.373 e. The summed E-state index contributed by atoms with van der Waals surface area (Å²) in [7, 11) is 0. The quantitative estimate of drug-likeness (QED) is 0.645. The monoisotopic (exact) mass is 198 g/mol. The molecular formula is C12H22O2. The molecule has 14 heavy (non-hydrogen) atoms. The van der Waals surface area contributed by atoms with Gasteiger partial charge in [-0.3, -0.25) is 0 Å². The van der Waals surface area contributed by atoms with E-state index in [-0.39, 0.29) is 5.60 Å². The standard InChI is InChI=1S/C12H22O2/c1-4-9-5-6-10-11(7-9)13-8-12(2,3)14-10/h9-11H,4-8H2,1-3H3. The molecule has 1 aliphatic heterocycles. The molecule has 0 aromatic carbocycles. The highest BCUT2D eigenvalue weighted by molar-refractivity contribution is 4.87. The van der Waals surface area contributed by atoms with E-state index in [1.54, 1.807) is 0 Å². The van der Waals surface area contributed by atoms with Gasteiger partial charge >= 0.3 is 0 Å².